The lowest BCUT2D eigenvalue weighted by atomic mass is 9.84. The first kappa shape index (κ1) is 22.9. The minimum atomic E-state index is -0.729. The van der Waals surface area contributed by atoms with E-state index in [1.54, 1.807) is 17.4 Å². The van der Waals surface area contributed by atoms with E-state index in [4.69, 9.17) is 0 Å². The summed E-state index contributed by atoms with van der Waals surface area (Å²) < 4.78 is 0. The van der Waals surface area contributed by atoms with Crippen molar-refractivity contribution < 1.29 is 14.7 Å². The van der Waals surface area contributed by atoms with Gasteiger partial charge in [0.2, 0.25) is 5.91 Å². The van der Waals surface area contributed by atoms with Gasteiger partial charge in [-0.3, -0.25) is 14.5 Å². The topological polar surface area (TPSA) is 76.6 Å². The van der Waals surface area contributed by atoms with Crippen LogP contribution in [0.3, 0.4) is 0 Å². The molecule has 4 heterocycles. The fourth-order valence-electron chi connectivity index (χ4n) is 5.65. The SMILES string of the molecule is O=C(O)C(C1CCN(C(=O)/C=C/c2ccsc2)CC1)N1CCC(c2c[nH]c3ccccc23)CC1. The van der Waals surface area contributed by atoms with Crippen LogP contribution in [-0.2, 0) is 9.59 Å². The van der Waals surface area contributed by atoms with Crippen molar-refractivity contribution in [3.05, 3.63) is 64.5 Å². The van der Waals surface area contributed by atoms with Crippen molar-refractivity contribution in [2.75, 3.05) is 26.2 Å². The maximum absolute atomic E-state index is 12.6. The van der Waals surface area contributed by atoms with Crippen molar-refractivity contribution >= 4 is 40.2 Å². The number of aromatic nitrogens is 1. The molecule has 2 N–H and O–H groups in total. The number of likely N-dealkylation sites (tertiary alicyclic amines) is 2. The molecular weight excluding hydrogens is 446 g/mol. The zero-order valence-electron chi connectivity index (χ0n) is 19.2. The van der Waals surface area contributed by atoms with Crippen LogP contribution in [0.15, 0.2) is 53.4 Å². The van der Waals surface area contributed by atoms with Crippen LogP contribution in [0.4, 0.5) is 0 Å². The number of hydrogen-bond acceptors (Lipinski definition) is 4. The number of H-pyrrole nitrogens is 1. The normalized spacial score (nSPS) is 19.7. The zero-order valence-corrected chi connectivity index (χ0v) is 20.0. The molecule has 2 aromatic heterocycles. The van der Waals surface area contributed by atoms with E-state index in [-0.39, 0.29) is 11.8 Å². The van der Waals surface area contributed by atoms with E-state index >= 15 is 0 Å². The third-order valence-electron chi connectivity index (χ3n) is 7.50. The monoisotopic (exact) mass is 477 g/mol. The number of rotatable bonds is 6. The molecule has 178 valence electrons. The lowest BCUT2D eigenvalue weighted by Crippen LogP contribution is -2.52. The number of carbonyl (C=O) groups is 2. The Bertz CT molecular complexity index is 1150. The van der Waals surface area contributed by atoms with Gasteiger partial charge in [-0.15, -0.1) is 0 Å². The van der Waals surface area contributed by atoms with E-state index in [1.165, 1.54) is 10.9 Å². The van der Waals surface area contributed by atoms with E-state index < -0.39 is 12.0 Å². The van der Waals surface area contributed by atoms with Crippen LogP contribution in [0.2, 0.25) is 0 Å². The molecule has 2 fully saturated rings. The summed E-state index contributed by atoms with van der Waals surface area (Å²) in [5, 5.41) is 15.4. The molecule has 1 atom stereocenters. The predicted molar refractivity (Wildman–Crippen MR) is 136 cm³/mol. The molecule has 0 aliphatic carbocycles. The van der Waals surface area contributed by atoms with Gasteiger partial charge in [-0.1, -0.05) is 18.2 Å². The summed E-state index contributed by atoms with van der Waals surface area (Å²) in [7, 11) is 0. The number of carboxylic acids is 1. The number of fused-ring (bicyclic) bond motifs is 1. The Morgan fingerprint density at radius 2 is 1.82 bits per heavy atom. The average Bonchev–Trinajstić information content (AvgIpc) is 3.54. The van der Waals surface area contributed by atoms with Crippen molar-refractivity contribution in [2.24, 2.45) is 5.92 Å². The largest absolute Gasteiger partial charge is 0.480 e. The molecule has 34 heavy (non-hydrogen) atoms. The highest BCUT2D eigenvalue weighted by molar-refractivity contribution is 7.08. The van der Waals surface area contributed by atoms with Gasteiger partial charge in [-0.25, -0.2) is 0 Å². The van der Waals surface area contributed by atoms with Crippen molar-refractivity contribution in [1.29, 1.82) is 0 Å². The van der Waals surface area contributed by atoms with Crippen LogP contribution in [0, 0.1) is 5.92 Å². The van der Waals surface area contributed by atoms with E-state index in [1.807, 2.05) is 33.9 Å². The smallest absolute Gasteiger partial charge is 0.321 e. The number of nitrogens with one attached hydrogen (secondary N) is 1. The minimum Gasteiger partial charge on any atom is -0.480 e. The molecule has 1 aromatic carbocycles. The fraction of sp³-hybridized carbons (Fsp3) is 0.407. The Balaban J connectivity index is 1.17. The summed E-state index contributed by atoms with van der Waals surface area (Å²) in [5.74, 6) is -0.188. The molecule has 0 spiro atoms. The second kappa shape index (κ2) is 10.2. The average molecular weight is 478 g/mol. The van der Waals surface area contributed by atoms with Gasteiger partial charge >= 0.3 is 5.97 Å². The molecule has 2 aliphatic heterocycles. The van der Waals surface area contributed by atoms with Gasteiger partial charge in [-0.05, 0) is 90.7 Å². The number of hydrogen-bond donors (Lipinski definition) is 2. The van der Waals surface area contributed by atoms with Gasteiger partial charge in [0.1, 0.15) is 6.04 Å². The quantitative estimate of drug-likeness (QED) is 0.500. The standard InChI is InChI=1S/C27H31N3O3S/c31-25(6-5-19-11-16-34-18-19)29-12-9-21(10-13-29)26(27(32)33)30-14-7-20(8-15-30)23-17-28-24-4-2-1-3-22(23)24/h1-6,11,16-18,20-21,26,28H,7-10,12-15H2,(H,32,33)/b6-5+. The molecule has 0 saturated carbocycles. The van der Waals surface area contributed by atoms with Gasteiger partial charge in [-0.2, -0.15) is 11.3 Å². The Morgan fingerprint density at radius 3 is 2.53 bits per heavy atom. The van der Waals surface area contributed by atoms with Crippen LogP contribution in [0.5, 0.6) is 0 Å². The molecule has 0 radical (unpaired) electrons. The fourth-order valence-corrected chi connectivity index (χ4v) is 6.28. The Hall–Kier alpha value is -2.90. The van der Waals surface area contributed by atoms with Crippen LogP contribution < -0.4 is 0 Å². The lowest BCUT2D eigenvalue weighted by molar-refractivity contribution is -0.147. The van der Waals surface area contributed by atoms with Crippen LogP contribution in [0.1, 0.15) is 42.7 Å². The van der Waals surface area contributed by atoms with E-state index in [0.717, 1.165) is 49.9 Å². The molecule has 6 nitrogen and oxygen atoms in total. The third kappa shape index (κ3) is 4.81. The summed E-state index contributed by atoms with van der Waals surface area (Å²) in [5.41, 5.74) is 3.55. The number of para-hydroxylation sites is 1. The molecular formula is C27H31N3O3S. The van der Waals surface area contributed by atoms with Crippen molar-refractivity contribution in [2.45, 2.75) is 37.6 Å². The maximum atomic E-state index is 12.6. The highest BCUT2D eigenvalue weighted by atomic mass is 32.1. The summed E-state index contributed by atoms with van der Waals surface area (Å²) >= 11 is 1.61. The Kier molecular flexibility index (Phi) is 6.83. The predicted octanol–water partition coefficient (Wildman–Crippen LogP) is 4.81. The van der Waals surface area contributed by atoms with E-state index in [9.17, 15) is 14.7 Å². The van der Waals surface area contributed by atoms with Gasteiger partial charge in [0.15, 0.2) is 0 Å². The molecule has 2 saturated heterocycles. The third-order valence-corrected chi connectivity index (χ3v) is 8.20. The first-order chi connectivity index (χ1) is 16.6. The molecule has 3 aromatic rings. The van der Waals surface area contributed by atoms with Crippen molar-refractivity contribution in [3.63, 3.8) is 0 Å². The number of benzene rings is 1. The second-order valence-electron chi connectivity index (χ2n) is 9.44. The highest BCUT2D eigenvalue weighted by Crippen LogP contribution is 2.35. The van der Waals surface area contributed by atoms with Gasteiger partial charge in [0, 0.05) is 36.3 Å². The van der Waals surface area contributed by atoms with Gasteiger partial charge in [0.25, 0.3) is 0 Å². The number of nitrogens with zero attached hydrogens (tertiary/aromatic N) is 2. The van der Waals surface area contributed by atoms with Crippen LogP contribution >= 0.6 is 11.3 Å². The minimum absolute atomic E-state index is 0.0102. The Labute approximate surface area is 203 Å². The number of piperidine rings is 2. The zero-order chi connectivity index (χ0) is 23.5. The van der Waals surface area contributed by atoms with Crippen LogP contribution in [0.25, 0.3) is 17.0 Å². The summed E-state index contributed by atoms with van der Waals surface area (Å²) in [6.45, 7) is 2.83. The number of amides is 1. The molecule has 1 amide bonds. The molecule has 0 bridgehead atoms. The van der Waals surface area contributed by atoms with E-state index in [2.05, 4.69) is 34.3 Å². The second-order valence-corrected chi connectivity index (χ2v) is 10.2. The summed E-state index contributed by atoms with van der Waals surface area (Å²) in [6.07, 6.45) is 9.01. The summed E-state index contributed by atoms with van der Waals surface area (Å²) in [4.78, 5) is 32.3. The molecule has 5 rings (SSSR count). The number of carboxylic acid groups (broad SMARTS) is 1. The van der Waals surface area contributed by atoms with Crippen molar-refractivity contribution in [3.8, 4) is 0 Å². The van der Waals surface area contributed by atoms with E-state index in [0.29, 0.717) is 19.0 Å². The van der Waals surface area contributed by atoms with Crippen molar-refractivity contribution in [1.82, 2.24) is 14.8 Å². The van der Waals surface area contributed by atoms with Gasteiger partial charge in [0.05, 0.1) is 0 Å². The highest BCUT2D eigenvalue weighted by Gasteiger charge is 2.38. The number of aliphatic carboxylic acids is 1. The maximum Gasteiger partial charge on any atom is 0.321 e. The molecule has 7 heteroatoms. The first-order valence-electron chi connectivity index (χ1n) is 12.1. The molecule has 1 unspecified atom stereocenters. The number of aromatic amines is 1. The number of carbonyl (C=O) groups excluding carboxylic acids is 1. The lowest BCUT2D eigenvalue weighted by Gasteiger charge is -2.41. The van der Waals surface area contributed by atoms with Crippen LogP contribution in [-0.4, -0.2) is 64.0 Å². The number of thiophene rings is 1. The molecule has 2 aliphatic rings. The summed E-state index contributed by atoms with van der Waals surface area (Å²) in [6, 6.07) is 9.90. The first-order valence-corrected chi connectivity index (χ1v) is 13.1. The Morgan fingerprint density at radius 1 is 1.06 bits per heavy atom. The van der Waals surface area contributed by atoms with Gasteiger partial charge < -0.3 is 15.0 Å².